The molecule has 5 rings (SSSR count). The fourth-order valence-electron chi connectivity index (χ4n) is 4.92. The molecule has 7 nitrogen and oxygen atoms in total. The van der Waals surface area contributed by atoms with Gasteiger partial charge in [0.25, 0.3) is 5.19 Å². The summed E-state index contributed by atoms with van der Waals surface area (Å²) in [5.41, 5.74) is 4.57. The number of pyridine rings is 2. The van der Waals surface area contributed by atoms with Gasteiger partial charge in [0.1, 0.15) is 17.7 Å². The van der Waals surface area contributed by atoms with Gasteiger partial charge in [-0.25, -0.2) is 9.97 Å². The van der Waals surface area contributed by atoms with Crippen LogP contribution >= 0.6 is 11.3 Å². The molecule has 32 heavy (non-hydrogen) atoms. The number of fused-ring (bicyclic) bond motifs is 2. The van der Waals surface area contributed by atoms with E-state index >= 15 is 0 Å². The number of hydrogen-bond donors (Lipinski definition) is 1. The van der Waals surface area contributed by atoms with Crippen LogP contribution in [0.1, 0.15) is 51.8 Å². The number of nitrogens with one attached hydrogen (secondary N) is 1. The Morgan fingerprint density at radius 2 is 1.91 bits per heavy atom. The van der Waals surface area contributed by atoms with Crippen LogP contribution < -0.4 is 10.1 Å². The summed E-state index contributed by atoms with van der Waals surface area (Å²) < 4.78 is 9.24. The molecule has 0 saturated carbocycles. The number of thiazole rings is 1. The van der Waals surface area contributed by atoms with Crippen molar-refractivity contribution in [2.45, 2.75) is 64.6 Å². The summed E-state index contributed by atoms with van der Waals surface area (Å²) in [6.07, 6.45) is 7.62. The van der Waals surface area contributed by atoms with Gasteiger partial charge in [-0.3, -0.25) is 4.98 Å². The second-order valence-electron chi connectivity index (χ2n) is 9.93. The van der Waals surface area contributed by atoms with E-state index in [2.05, 4.69) is 54.0 Å². The molecule has 1 fully saturated rings. The molecule has 4 aromatic heterocycles. The highest BCUT2D eigenvalue weighted by Gasteiger charge is 2.39. The van der Waals surface area contributed by atoms with E-state index < -0.39 is 0 Å². The molecule has 8 heteroatoms. The fraction of sp³-hybridized carbons (Fsp3) is 0.417. The van der Waals surface area contributed by atoms with E-state index in [4.69, 9.17) is 4.74 Å². The second kappa shape index (κ2) is 7.26. The smallest absolute Gasteiger partial charge is 0.274 e. The zero-order valence-electron chi connectivity index (χ0n) is 18.9. The van der Waals surface area contributed by atoms with Gasteiger partial charge in [0.2, 0.25) is 0 Å². The van der Waals surface area contributed by atoms with Gasteiger partial charge in [0, 0.05) is 41.9 Å². The molecule has 1 aliphatic rings. The Labute approximate surface area is 191 Å². The monoisotopic (exact) mass is 446 g/mol. The number of imidazole rings is 1. The highest BCUT2D eigenvalue weighted by Crippen LogP contribution is 2.35. The minimum absolute atomic E-state index is 0.0145. The lowest BCUT2D eigenvalue weighted by Gasteiger charge is -2.45. The summed E-state index contributed by atoms with van der Waals surface area (Å²) in [5.74, 6) is 0. The molecule has 0 unspecified atom stereocenters. The molecule has 0 aliphatic carbocycles. The summed E-state index contributed by atoms with van der Waals surface area (Å²) in [7, 11) is 0. The van der Waals surface area contributed by atoms with Crippen LogP contribution in [0.3, 0.4) is 0 Å². The van der Waals surface area contributed by atoms with Crippen LogP contribution in [-0.2, 0) is 0 Å². The van der Waals surface area contributed by atoms with E-state index in [0.717, 1.165) is 40.0 Å². The lowest BCUT2D eigenvalue weighted by molar-refractivity contribution is 0.0559. The first kappa shape index (κ1) is 20.9. The van der Waals surface area contributed by atoms with Crippen molar-refractivity contribution < 1.29 is 4.74 Å². The number of aromatic nitrogens is 4. The summed E-state index contributed by atoms with van der Waals surface area (Å²) in [6.45, 7) is 10.8. The molecule has 0 bridgehead atoms. The normalized spacial score (nSPS) is 18.1. The van der Waals surface area contributed by atoms with Crippen molar-refractivity contribution in [1.82, 2.24) is 24.7 Å². The third-order valence-electron chi connectivity index (χ3n) is 5.76. The SMILES string of the molecule is Cc1cn2cc(-c3cc4sc(OC5CC(C)(C)NC(C)(C)C5)nc4cn3)cc(C#N)c2n1. The van der Waals surface area contributed by atoms with E-state index in [1.165, 1.54) is 11.3 Å². The first-order valence-corrected chi connectivity index (χ1v) is 11.5. The number of rotatable bonds is 3. The van der Waals surface area contributed by atoms with Gasteiger partial charge in [-0.05, 0) is 46.8 Å². The van der Waals surface area contributed by atoms with Gasteiger partial charge < -0.3 is 14.5 Å². The summed E-state index contributed by atoms with van der Waals surface area (Å²) in [5, 5.41) is 13.9. The number of ether oxygens (including phenoxy) is 1. The Morgan fingerprint density at radius 3 is 2.62 bits per heavy atom. The first-order chi connectivity index (χ1) is 15.1. The fourth-order valence-corrected chi connectivity index (χ4v) is 5.81. The topological polar surface area (TPSA) is 88.1 Å². The van der Waals surface area contributed by atoms with Gasteiger partial charge in [-0.1, -0.05) is 11.3 Å². The maximum atomic E-state index is 9.57. The minimum Gasteiger partial charge on any atom is -0.467 e. The Balaban J connectivity index is 1.46. The van der Waals surface area contributed by atoms with Crippen molar-refractivity contribution in [3.8, 4) is 22.5 Å². The number of aryl methyl sites for hydroxylation is 1. The summed E-state index contributed by atoms with van der Waals surface area (Å²) in [4.78, 5) is 13.7. The molecule has 0 spiro atoms. The predicted octanol–water partition coefficient (Wildman–Crippen LogP) is 4.87. The van der Waals surface area contributed by atoms with Gasteiger partial charge in [0.15, 0.2) is 5.65 Å². The van der Waals surface area contributed by atoms with E-state index in [1.807, 2.05) is 35.9 Å². The largest absolute Gasteiger partial charge is 0.467 e. The molecule has 0 amide bonds. The van der Waals surface area contributed by atoms with Crippen molar-refractivity contribution in [1.29, 1.82) is 5.26 Å². The van der Waals surface area contributed by atoms with Crippen LogP contribution in [0, 0.1) is 18.3 Å². The highest BCUT2D eigenvalue weighted by atomic mass is 32.1. The van der Waals surface area contributed by atoms with E-state index in [1.54, 1.807) is 6.20 Å². The zero-order valence-corrected chi connectivity index (χ0v) is 19.7. The molecule has 1 saturated heterocycles. The highest BCUT2D eigenvalue weighted by molar-refractivity contribution is 7.20. The van der Waals surface area contributed by atoms with Gasteiger partial charge >= 0.3 is 0 Å². The Morgan fingerprint density at radius 1 is 1.16 bits per heavy atom. The van der Waals surface area contributed by atoms with Crippen LogP contribution in [0.2, 0.25) is 0 Å². The standard InChI is InChI=1S/C24H26N6OS/c1-14-12-30-13-16(6-15(10-25)21(30)27-14)18-7-20-19(11-26-18)28-22(32-20)31-17-8-23(2,3)29-24(4,5)9-17/h6-7,11-13,17,29H,8-9H2,1-5H3. The van der Waals surface area contributed by atoms with Crippen molar-refractivity contribution >= 4 is 27.2 Å². The van der Waals surface area contributed by atoms with Gasteiger partial charge in [-0.15, -0.1) is 0 Å². The average Bonchev–Trinajstić information content (AvgIpc) is 3.25. The molecule has 0 aromatic carbocycles. The predicted molar refractivity (Wildman–Crippen MR) is 126 cm³/mol. The molecule has 0 atom stereocenters. The maximum Gasteiger partial charge on any atom is 0.274 e. The first-order valence-electron chi connectivity index (χ1n) is 10.7. The van der Waals surface area contributed by atoms with Crippen molar-refractivity contribution in [3.05, 3.63) is 42.0 Å². The molecule has 4 aromatic rings. The minimum atomic E-state index is 0.0145. The van der Waals surface area contributed by atoms with Crippen molar-refractivity contribution in [3.63, 3.8) is 0 Å². The third kappa shape index (κ3) is 3.94. The molecule has 0 radical (unpaired) electrons. The van der Waals surface area contributed by atoms with Gasteiger partial charge in [0.05, 0.1) is 27.8 Å². The van der Waals surface area contributed by atoms with Crippen LogP contribution in [0.4, 0.5) is 0 Å². The van der Waals surface area contributed by atoms with Crippen LogP contribution in [-0.4, -0.2) is 36.5 Å². The summed E-state index contributed by atoms with van der Waals surface area (Å²) >= 11 is 1.54. The van der Waals surface area contributed by atoms with E-state index in [0.29, 0.717) is 16.4 Å². The lowest BCUT2D eigenvalue weighted by Crippen LogP contribution is -2.60. The van der Waals surface area contributed by atoms with Crippen LogP contribution in [0.5, 0.6) is 5.19 Å². The van der Waals surface area contributed by atoms with E-state index in [9.17, 15) is 5.26 Å². The third-order valence-corrected chi connectivity index (χ3v) is 6.67. The number of nitrogens with zero attached hydrogens (tertiary/aromatic N) is 5. The van der Waals surface area contributed by atoms with Crippen molar-refractivity contribution in [2.24, 2.45) is 0 Å². The number of nitriles is 1. The van der Waals surface area contributed by atoms with Crippen LogP contribution in [0.15, 0.2) is 30.7 Å². The second-order valence-corrected chi connectivity index (χ2v) is 10.9. The molecule has 1 N–H and O–H groups in total. The van der Waals surface area contributed by atoms with Crippen molar-refractivity contribution in [2.75, 3.05) is 0 Å². The Bertz CT molecular complexity index is 1360. The van der Waals surface area contributed by atoms with E-state index in [-0.39, 0.29) is 17.2 Å². The Hall–Kier alpha value is -3.02. The molecule has 1 aliphatic heterocycles. The lowest BCUT2D eigenvalue weighted by atomic mass is 9.81. The molecular formula is C24H26N6OS. The van der Waals surface area contributed by atoms with Gasteiger partial charge in [-0.2, -0.15) is 5.26 Å². The summed E-state index contributed by atoms with van der Waals surface area (Å²) in [6, 6.07) is 6.10. The zero-order chi connectivity index (χ0) is 22.7. The maximum absolute atomic E-state index is 9.57. The molecular weight excluding hydrogens is 420 g/mol. The number of piperidine rings is 1. The molecule has 5 heterocycles. The Kier molecular flexibility index (Phi) is 4.73. The average molecular weight is 447 g/mol. The quantitative estimate of drug-likeness (QED) is 0.483. The van der Waals surface area contributed by atoms with Crippen LogP contribution in [0.25, 0.3) is 27.1 Å². The molecule has 164 valence electrons. The number of hydrogen-bond acceptors (Lipinski definition) is 7.